The Morgan fingerprint density at radius 1 is 1.67 bits per heavy atom. The molecule has 15 heavy (non-hydrogen) atoms. The molecular weight excluding hydrogens is 201 g/mol. The van der Waals surface area contributed by atoms with E-state index in [-0.39, 0.29) is 11.1 Å². The maximum atomic E-state index is 13.3. The normalized spacial score (nSPS) is 9.47. The minimum Gasteiger partial charge on any atom is -0.465 e. The zero-order chi connectivity index (χ0) is 11.4. The van der Waals surface area contributed by atoms with E-state index >= 15 is 0 Å². The molecule has 0 aliphatic heterocycles. The van der Waals surface area contributed by atoms with Crippen LogP contribution >= 0.6 is 0 Å². The van der Waals surface area contributed by atoms with Gasteiger partial charge in [-0.25, -0.2) is 9.18 Å². The Morgan fingerprint density at radius 3 is 2.80 bits per heavy atom. The van der Waals surface area contributed by atoms with Gasteiger partial charge in [0.1, 0.15) is 17.4 Å². The lowest BCUT2D eigenvalue weighted by molar-refractivity contribution is 0.0595. The van der Waals surface area contributed by atoms with Crippen molar-refractivity contribution in [3.8, 4) is 6.07 Å². The van der Waals surface area contributed by atoms with Crippen molar-refractivity contribution in [3.05, 3.63) is 34.6 Å². The Kier molecular flexibility index (Phi) is 3.37. The van der Waals surface area contributed by atoms with Gasteiger partial charge in [0.15, 0.2) is 0 Å². The van der Waals surface area contributed by atoms with Crippen LogP contribution in [0, 0.1) is 17.1 Å². The number of nitrogens with zero attached hydrogens (tertiary/aromatic N) is 1. The summed E-state index contributed by atoms with van der Waals surface area (Å²) in [5, 5.41) is 17.7. The third kappa shape index (κ3) is 1.95. The van der Waals surface area contributed by atoms with Crippen molar-refractivity contribution < 1.29 is 19.0 Å². The molecule has 0 heterocycles. The van der Waals surface area contributed by atoms with Gasteiger partial charge in [0, 0.05) is 0 Å². The van der Waals surface area contributed by atoms with Crippen molar-refractivity contribution in [1.29, 1.82) is 5.26 Å². The molecule has 0 aliphatic rings. The molecule has 4 nitrogen and oxygen atoms in total. The summed E-state index contributed by atoms with van der Waals surface area (Å²) in [6.45, 7) is -0.437. The standard InChI is InChI=1S/C10H8FNO3/c1-15-10(14)9-7(4-12)6(5-13)2-3-8(9)11/h2-3,13H,5H2,1H3. The van der Waals surface area contributed by atoms with E-state index in [9.17, 15) is 9.18 Å². The van der Waals surface area contributed by atoms with Crippen molar-refractivity contribution in [2.24, 2.45) is 0 Å². The maximum absolute atomic E-state index is 13.3. The molecule has 1 rings (SSSR count). The highest BCUT2D eigenvalue weighted by Gasteiger charge is 2.20. The number of methoxy groups -OCH3 is 1. The van der Waals surface area contributed by atoms with Crippen LogP contribution in [0.25, 0.3) is 0 Å². The van der Waals surface area contributed by atoms with Crippen LogP contribution in [0.5, 0.6) is 0 Å². The third-order valence-electron chi connectivity index (χ3n) is 1.91. The Labute approximate surface area is 85.5 Å². The number of hydrogen-bond acceptors (Lipinski definition) is 4. The van der Waals surface area contributed by atoms with Crippen molar-refractivity contribution >= 4 is 5.97 Å². The molecule has 0 bridgehead atoms. The van der Waals surface area contributed by atoms with Gasteiger partial charge in [-0.15, -0.1) is 0 Å². The van der Waals surface area contributed by atoms with Crippen LogP contribution in [0.2, 0.25) is 0 Å². The van der Waals surface area contributed by atoms with Crippen molar-refractivity contribution in [3.63, 3.8) is 0 Å². The summed E-state index contributed by atoms with van der Waals surface area (Å²) in [5.74, 6) is -1.77. The second-order valence-corrected chi connectivity index (χ2v) is 2.72. The first kappa shape index (κ1) is 11.1. The highest BCUT2D eigenvalue weighted by molar-refractivity contribution is 5.92. The highest BCUT2D eigenvalue weighted by atomic mass is 19.1. The zero-order valence-electron chi connectivity index (χ0n) is 7.95. The first-order valence-electron chi connectivity index (χ1n) is 4.06. The van der Waals surface area contributed by atoms with Gasteiger partial charge in [0.05, 0.1) is 19.3 Å². The molecule has 0 aliphatic carbocycles. The molecule has 1 aromatic rings. The van der Waals surface area contributed by atoms with Crippen LogP contribution in [-0.4, -0.2) is 18.2 Å². The Balaban J connectivity index is 3.47. The summed E-state index contributed by atoms with van der Waals surface area (Å²) in [6.07, 6.45) is 0. The monoisotopic (exact) mass is 209 g/mol. The number of aliphatic hydroxyl groups excluding tert-OH is 1. The Morgan fingerprint density at radius 2 is 2.33 bits per heavy atom. The molecule has 1 aromatic carbocycles. The summed E-state index contributed by atoms with van der Waals surface area (Å²) in [6, 6.07) is 3.93. The highest BCUT2D eigenvalue weighted by Crippen LogP contribution is 2.18. The summed E-state index contributed by atoms with van der Waals surface area (Å²) < 4.78 is 17.6. The molecular formula is C10H8FNO3. The third-order valence-corrected chi connectivity index (χ3v) is 1.91. The maximum Gasteiger partial charge on any atom is 0.342 e. The van der Waals surface area contributed by atoms with Gasteiger partial charge in [-0.05, 0) is 11.6 Å². The van der Waals surface area contributed by atoms with E-state index < -0.39 is 24.0 Å². The molecule has 78 valence electrons. The Hall–Kier alpha value is -1.93. The van der Waals surface area contributed by atoms with Crippen LogP contribution in [0.3, 0.4) is 0 Å². The number of carbonyl (C=O) groups excluding carboxylic acids is 1. The smallest absolute Gasteiger partial charge is 0.342 e. The lowest BCUT2D eigenvalue weighted by Crippen LogP contribution is -2.09. The van der Waals surface area contributed by atoms with Gasteiger partial charge < -0.3 is 9.84 Å². The van der Waals surface area contributed by atoms with Gasteiger partial charge in [-0.1, -0.05) is 6.07 Å². The number of ether oxygens (including phenoxy) is 1. The number of aliphatic hydroxyl groups is 1. The predicted molar refractivity (Wildman–Crippen MR) is 48.4 cm³/mol. The molecule has 0 saturated carbocycles. The summed E-state index contributed by atoms with van der Waals surface area (Å²) in [7, 11) is 1.09. The minimum atomic E-state index is -0.931. The van der Waals surface area contributed by atoms with Gasteiger partial charge in [0.2, 0.25) is 0 Å². The molecule has 0 atom stereocenters. The van der Waals surface area contributed by atoms with Crippen LogP contribution in [0.15, 0.2) is 12.1 Å². The van der Waals surface area contributed by atoms with E-state index in [0.29, 0.717) is 0 Å². The van der Waals surface area contributed by atoms with E-state index in [2.05, 4.69) is 4.74 Å². The van der Waals surface area contributed by atoms with E-state index in [1.54, 1.807) is 6.07 Å². The fourth-order valence-electron chi connectivity index (χ4n) is 1.18. The first-order valence-corrected chi connectivity index (χ1v) is 4.06. The number of carbonyl (C=O) groups is 1. The average molecular weight is 209 g/mol. The lowest BCUT2D eigenvalue weighted by Gasteiger charge is -2.06. The molecule has 5 heteroatoms. The number of esters is 1. The lowest BCUT2D eigenvalue weighted by atomic mass is 10.0. The summed E-state index contributed by atoms with van der Waals surface area (Å²) in [4.78, 5) is 11.2. The molecule has 0 spiro atoms. The average Bonchev–Trinajstić information content (AvgIpc) is 2.27. The molecule has 1 N–H and O–H groups in total. The van der Waals surface area contributed by atoms with Crippen molar-refractivity contribution in [1.82, 2.24) is 0 Å². The van der Waals surface area contributed by atoms with Gasteiger partial charge in [-0.2, -0.15) is 5.26 Å². The minimum absolute atomic E-state index is 0.190. The SMILES string of the molecule is COC(=O)c1c(F)ccc(CO)c1C#N. The quantitative estimate of drug-likeness (QED) is 0.737. The predicted octanol–water partition coefficient (Wildman–Crippen LogP) is 0.976. The summed E-state index contributed by atoms with van der Waals surface area (Å²) >= 11 is 0. The van der Waals surface area contributed by atoms with E-state index in [0.717, 1.165) is 13.2 Å². The second kappa shape index (κ2) is 4.53. The zero-order valence-corrected chi connectivity index (χ0v) is 7.95. The van der Waals surface area contributed by atoms with Crippen LogP contribution in [-0.2, 0) is 11.3 Å². The van der Waals surface area contributed by atoms with Gasteiger partial charge >= 0.3 is 5.97 Å². The molecule has 0 fully saturated rings. The van der Waals surface area contributed by atoms with Crippen LogP contribution in [0.1, 0.15) is 21.5 Å². The van der Waals surface area contributed by atoms with Gasteiger partial charge in [0.25, 0.3) is 0 Å². The fourth-order valence-corrected chi connectivity index (χ4v) is 1.18. The second-order valence-electron chi connectivity index (χ2n) is 2.72. The first-order chi connectivity index (χ1) is 7.15. The number of nitriles is 1. The molecule has 0 radical (unpaired) electrons. The Bertz CT molecular complexity index is 437. The molecule has 0 saturated heterocycles. The number of hydrogen-bond donors (Lipinski definition) is 1. The molecule has 0 amide bonds. The number of benzene rings is 1. The number of rotatable bonds is 2. The van der Waals surface area contributed by atoms with E-state index in [4.69, 9.17) is 10.4 Å². The van der Waals surface area contributed by atoms with Crippen molar-refractivity contribution in [2.45, 2.75) is 6.61 Å². The van der Waals surface area contributed by atoms with E-state index in [1.165, 1.54) is 6.07 Å². The van der Waals surface area contributed by atoms with E-state index in [1.807, 2.05) is 0 Å². The largest absolute Gasteiger partial charge is 0.465 e. The van der Waals surface area contributed by atoms with Crippen molar-refractivity contribution in [2.75, 3.05) is 7.11 Å². The van der Waals surface area contributed by atoms with Gasteiger partial charge in [-0.3, -0.25) is 0 Å². The molecule has 0 unspecified atom stereocenters. The summed E-state index contributed by atoms with van der Waals surface area (Å²) in [5.41, 5.74) is -0.435. The fraction of sp³-hybridized carbons (Fsp3) is 0.200. The van der Waals surface area contributed by atoms with Crippen LogP contribution < -0.4 is 0 Å². The van der Waals surface area contributed by atoms with Crippen LogP contribution in [0.4, 0.5) is 4.39 Å². The molecule has 0 aromatic heterocycles. The topological polar surface area (TPSA) is 70.3 Å². The number of halogens is 1.